The lowest BCUT2D eigenvalue weighted by molar-refractivity contribution is -0.00909. The molecular weight excluding hydrogens is 214 g/mol. The molecule has 0 aliphatic heterocycles. The molecule has 1 aliphatic carbocycles. The number of hydrogen-bond acceptors (Lipinski definition) is 4. The summed E-state index contributed by atoms with van der Waals surface area (Å²) in [6.07, 6.45) is 5.24. The molecule has 2 rings (SSSR count). The molecule has 4 heteroatoms. The average Bonchev–Trinajstić information content (AvgIpc) is 2.38. The molecule has 4 nitrogen and oxygen atoms in total. The summed E-state index contributed by atoms with van der Waals surface area (Å²) in [4.78, 5) is 9.11. The van der Waals surface area contributed by atoms with Crippen molar-refractivity contribution in [1.29, 1.82) is 0 Å². The van der Waals surface area contributed by atoms with E-state index < -0.39 is 5.60 Å². The first-order chi connectivity index (χ1) is 8.10. The molecule has 0 aromatic carbocycles. The van der Waals surface area contributed by atoms with Gasteiger partial charge in [-0.2, -0.15) is 0 Å². The Morgan fingerprint density at radius 2 is 2.00 bits per heavy atom. The standard InChI is InChI=1S/C13H21N3O/c1-4-13(2,17-3)12-15-10-8-6-5-7-9(10)11(14)16-12/h4-8H2,1-3H3,(H2,14,15,16). The molecule has 0 saturated carbocycles. The second-order valence-electron chi connectivity index (χ2n) is 4.85. The minimum Gasteiger partial charge on any atom is -0.383 e. The third-order valence-electron chi connectivity index (χ3n) is 3.81. The highest BCUT2D eigenvalue weighted by atomic mass is 16.5. The first-order valence-electron chi connectivity index (χ1n) is 6.31. The fourth-order valence-corrected chi connectivity index (χ4v) is 2.25. The van der Waals surface area contributed by atoms with Crippen molar-refractivity contribution in [3.8, 4) is 0 Å². The monoisotopic (exact) mass is 235 g/mol. The van der Waals surface area contributed by atoms with Crippen molar-refractivity contribution >= 4 is 5.82 Å². The summed E-state index contributed by atoms with van der Waals surface area (Å²) in [5.41, 5.74) is 7.88. The number of methoxy groups -OCH3 is 1. The quantitative estimate of drug-likeness (QED) is 0.872. The van der Waals surface area contributed by atoms with Gasteiger partial charge in [-0.15, -0.1) is 0 Å². The Kier molecular flexibility index (Phi) is 3.33. The molecule has 1 atom stereocenters. The molecule has 2 N–H and O–H groups in total. The van der Waals surface area contributed by atoms with Gasteiger partial charge in [0, 0.05) is 18.4 Å². The molecule has 1 unspecified atom stereocenters. The van der Waals surface area contributed by atoms with Crippen LogP contribution < -0.4 is 5.73 Å². The topological polar surface area (TPSA) is 61.0 Å². The van der Waals surface area contributed by atoms with Gasteiger partial charge in [0.25, 0.3) is 0 Å². The number of aromatic nitrogens is 2. The van der Waals surface area contributed by atoms with E-state index in [0.29, 0.717) is 5.82 Å². The Labute approximate surface area is 103 Å². The lowest BCUT2D eigenvalue weighted by Crippen LogP contribution is -2.28. The number of aryl methyl sites for hydroxylation is 1. The van der Waals surface area contributed by atoms with E-state index in [1.54, 1.807) is 7.11 Å². The summed E-state index contributed by atoms with van der Waals surface area (Å²) < 4.78 is 5.54. The van der Waals surface area contributed by atoms with Gasteiger partial charge in [0.1, 0.15) is 11.4 Å². The van der Waals surface area contributed by atoms with Crippen molar-refractivity contribution in [2.24, 2.45) is 0 Å². The summed E-state index contributed by atoms with van der Waals surface area (Å²) in [7, 11) is 1.70. The van der Waals surface area contributed by atoms with Gasteiger partial charge in [-0.25, -0.2) is 9.97 Å². The number of hydrogen-bond donors (Lipinski definition) is 1. The van der Waals surface area contributed by atoms with Crippen LogP contribution in [-0.4, -0.2) is 17.1 Å². The summed E-state index contributed by atoms with van der Waals surface area (Å²) in [6.45, 7) is 4.08. The molecule has 0 saturated heterocycles. The highest BCUT2D eigenvalue weighted by Gasteiger charge is 2.29. The molecule has 0 radical (unpaired) electrons. The minimum absolute atomic E-state index is 0.430. The number of fused-ring (bicyclic) bond motifs is 1. The smallest absolute Gasteiger partial charge is 0.162 e. The Morgan fingerprint density at radius 3 is 2.65 bits per heavy atom. The van der Waals surface area contributed by atoms with Crippen LogP contribution >= 0.6 is 0 Å². The van der Waals surface area contributed by atoms with E-state index in [4.69, 9.17) is 10.5 Å². The van der Waals surface area contributed by atoms with E-state index in [1.165, 1.54) is 12.8 Å². The van der Waals surface area contributed by atoms with E-state index in [2.05, 4.69) is 16.9 Å². The lowest BCUT2D eigenvalue weighted by Gasteiger charge is -2.27. The fourth-order valence-electron chi connectivity index (χ4n) is 2.25. The molecule has 1 heterocycles. The maximum atomic E-state index is 6.04. The van der Waals surface area contributed by atoms with Crippen molar-refractivity contribution in [3.05, 3.63) is 17.1 Å². The normalized spacial score (nSPS) is 18.5. The number of anilines is 1. The Bertz CT molecular complexity index is 413. The van der Waals surface area contributed by atoms with Crippen molar-refractivity contribution < 1.29 is 4.74 Å². The largest absolute Gasteiger partial charge is 0.383 e. The zero-order valence-electron chi connectivity index (χ0n) is 10.9. The predicted molar refractivity (Wildman–Crippen MR) is 67.7 cm³/mol. The van der Waals surface area contributed by atoms with Crippen LogP contribution in [0.4, 0.5) is 5.82 Å². The number of nitrogens with two attached hydrogens (primary N) is 1. The molecule has 0 bridgehead atoms. The summed E-state index contributed by atoms with van der Waals surface area (Å²) in [5, 5.41) is 0. The summed E-state index contributed by atoms with van der Waals surface area (Å²) >= 11 is 0. The van der Waals surface area contributed by atoms with Crippen LogP contribution in [-0.2, 0) is 23.2 Å². The van der Waals surface area contributed by atoms with E-state index in [1.807, 2.05) is 6.92 Å². The second-order valence-corrected chi connectivity index (χ2v) is 4.85. The zero-order valence-corrected chi connectivity index (χ0v) is 10.9. The second kappa shape index (κ2) is 4.61. The molecule has 1 aromatic heterocycles. The van der Waals surface area contributed by atoms with Crippen LogP contribution in [0.1, 0.15) is 50.2 Å². The van der Waals surface area contributed by atoms with Crippen molar-refractivity contribution in [1.82, 2.24) is 9.97 Å². The van der Waals surface area contributed by atoms with E-state index >= 15 is 0 Å². The molecular formula is C13H21N3O. The van der Waals surface area contributed by atoms with Crippen LogP contribution in [0.3, 0.4) is 0 Å². The number of nitrogen functional groups attached to an aromatic ring is 1. The van der Waals surface area contributed by atoms with Crippen LogP contribution in [0, 0.1) is 0 Å². The van der Waals surface area contributed by atoms with Crippen LogP contribution in [0.2, 0.25) is 0 Å². The van der Waals surface area contributed by atoms with Gasteiger partial charge in [-0.3, -0.25) is 0 Å². The minimum atomic E-state index is -0.430. The third kappa shape index (κ3) is 2.14. The van der Waals surface area contributed by atoms with Crippen molar-refractivity contribution in [3.63, 3.8) is 0 Å². The lowest BCUT2D eigenvalue weighted by atomic mass is 9.95. The molecule has 1 aliphatic rings. The average molecular weight is 235 g/mol. The Morgan fingerprint density at radius 1 is 1.29 bits per heavy atom. The highest BCUT2D eigenvalue weighted by molar-refractivity contribution is 5.44. The molecule has 17 heavy (non-hydrogen) atoms. The summed E-state index contributed by atoms with van der Waals surface area (Å²) in [6, 6.07) is 0. The molecule has 0 spiro atoms. The number of rotatable bonds is 3. The molecule has 0 amide bonds. The first-order valence-corrected chi connectivity index (χ1v) is 6.31. The van der Waals surface area contributed by atoms with Crippen LogP contribution in [0.5, 0.6) is 0 Å². The molecule has 1 aromatic rings. The SMILES string of the molecule is CCC(C)(OC)c1nc(N)c2c(n1)CCCC2. The van der Waals surface area contributed by atoms with E-state index in [9.17, 15) is 0 Å². The van der Waals surface area contributed by atoms with Gasteiger partial charge in [0.15, 0.2) is 5.82 Å². The van der Waals surface area contributed by atoms with Crippen LogP contribution in [0.25, 0.3) is 0 Å². The molecule has 94 valence electrons. The number of nitrogens with zero attached hydrogens (tertiary/aromatic N) is 2. The first kappa shape index (κ1) is 12.3. The highest BCUT2D eigenvalue weighted by Crippen LogP contribution is 2.30. The van der Waals surface area contributed by atoms with Gasteiger partial charge in [-0.1, -0.05) is 6.92 Å². The van der Waals surface area contributed by atoms with Gasteiger partial charge in [0.05, 0.1) is 0 Å². The molecule has 0 fully saturated rings. The van der Waals surface area contributed by atoms with Crippen molar-refractivity contribution in [2.45, 2.75) is 51.6 Å². The summed E-state index contributed by atoms with van der Waals surface area (Å²) in [5.74, 6) is 1.36. The maximum Gasteiger partial charge on any atom is 0.162 e. The Hall–Kier alpha value is -1.16. The predicted octanol–water partition coefficient (Wildman–Crippen LogP) is 2.21. The van der Waals surface area contributed by atoms with E-state index in [-0.39, 0.29) is 0 Å². The fraction of sp³-hybridized carbons (Fsp3) is 0.692. The van der Waals surface area contributed by atoms with Gasteiger partial charge in [0.2, 0.25) is 0 Å². The van der Waals surface area contributed by atoms with E-state index in [0.717, 1.165) is 36.3 Å². The third-order valence-corrected chi connectivity index (χ3v) is 3.81. The number of ether oxygens (including phenoxy) is 1. The van der Waals surface area contributed by atoms with Gasteiger partial charge in [-0.05, 0) is 39.0 Å². The zero-order chi connectivity index (χ0) is 12.5. The van der Waals surface area contributed by atoms with Gasteiger partial charge >= 0.3 is 0 Å². The van der Waals surface area contributed by atoms with Crippen LogP contribution in [0.15, 0.2) is 0 Å². The van der Waals surface area contributed by atoms with Crippen molar-refractivity contribution in [2.75, 3.05) is 12.8 Å². The van der Waals surface area contributed by atoms with Gasteiger partial charge < -0.3 is 10.5 Å². The Balaban J connectivity index is 2.47. The maximum absolute atomic E-state index is 6.04.